The zero-order chi connectivity index (χ0) is 11.5. The number of nitrogens with one attached hydrogen (secondary N) is 1. The van der Waals surface area contributed by atoms with Crippen LogP contribution in [-0.4, -0.2) is 5.60 Å². The molecule has 0 fully saturated rings. The monoisotopic (exact) mass is 227 g/mol. The summed E-state index contributed by atoms with van der Waals surface area (Å²) in [6.45, 7) is 10.4. The fraction of sp³-hybridized carbons (Fsp3) is 0.667. The summed E-state index contributed by atoms with van der Waals surface area (Å²) in [5.74, 6) is 0. The Morgan fingerprint density at radius 3 is 2.53 bits per heavy atom. The molecule has 1 atom stereocenters. The van der Waals surface area contributed by atoms with Gasteiger partial charge in [0.15, 0.2) is 0 Å². The third-order valence-electron chi connectivity index (χ3n) is 2.00. The van der Waals surface area contributed by atoms with Crippen molar-refractivity contribution in [1.29, 1.82) is 0 Å². The van der Waals surface area contributed by atoms with E-state index in [1.54, 1.807) is 0 Å². The molecule has 15 heavy (non-hydrogen) atoms. The van der Waals surface area contributed by atoms with E-state index < -0.39 is 0 Å². The first-order chi connectivity index (χ1) is 6.92. The van der Waals surface area contributed by atoms with Crippen molar-refractivity contribution >= 4 is 11.3 Å². The maximum absolute atomic E-state index is 5.55. The molecule has 86 valence electrons. The summed E-state index contributed by atoms with van der Waals surface area (Å²) in [6.07, 6.45) is 1.11. The first-order valence-corrected chi connectivity index (χ1v) is 6.26. The molecule has 0 radical (unpaired) electrons. The van der Waals surface area contributed by atoms with E-state index in [0.717, 1.165) is 6.42 Å². The Bertz CT molecular complexity index is 301. The lowest BCUT2D eigenvalue weighted by Gasteiger charge is -2.22. The fourth-order valence-corrected chi connectivity index (χ4v) is 2.08. The van der Waals surface area contributed by atoms with Crippen LogP contribution in [0.5, 0.6) is 0 Å². The second kappa shape index (κ2) is 5.10. The highest BCUT2D eigenvalue weighted by Gasteiger charge is 2.14. The second-order valence-electron chi connectivity index (χ2n) is 4.71. The average molecular weight is 227 g/mol. The predicted octanol–water partition coefficient (Wildman–Crippen LogP) is 3.69. The summed E-state index contributed by atoms with van der Waals surface area (Å²) in [4.78, 5) is 8.30. The highest BCUT2D eigenvalue weighted by atomic mass is 32.1. The molecule has 0 aliphatic heterocycles. The van der Waals surface area contributed by atoms with Gasteiger partial charge in [-0.05, 0) is 46.2 Å². The lowest BCUT2D eigenvalue weighted by Crippen LogP contribution is -2.30. The van der Waals surface area contributed by atoms with Crippen LogP contribution >= 0.6 is 11.3 Å². The minimum atomic E-state index is -0.140. The van der Waals surface area contributed by atoms with Gasteiger partial charge in [-0.25, -0.2) is 0 Å². The van der Waals surface area contributed by atoms with Crippen LogP contribution in [0.1, 0.15) is 50.4 Å². The van der Waals surface area contributed by atoms with Crippen LogP contribution in [0.3, 0.4) is 0 Å². The van der Waals surface area contributed by atoms with Gasteiger partial charge < -0.3 is 0 Å². The largest absolute Gasteiger partial charge is 0.295 e. The SMILES string of the molecule is CCc1ccc(C(C)NOC(C)(C)C)s1. The molecule has 0 aliphatic rings. The molecule has 0 bridgehead atoms. The molecule has 3 heteroatoms. The number of rotatable bonds is 4. The molecule has 0 aromatic carbocycles. The summed E-state index contributed by atoms with van der Waals surface area (Å²) in [7, 11) is 0. The molecule has 0 aliphatic carbocycles. The van der Waals surface area contributed by atoms with E-state index in [1.807, 2.05) is 32.1 Å². The van der Waals surface area contributed by atoms with E-state index in [-0.39, 0.29) is 11.6 Å². The lowest BCUT2D eigenvalue weighted by molar-refractivity contribution is -0.0861. The van der Waals surface area contributed by atoms with Gasteiger partial charge in [0, 0.05) is 9.75 Å². The van der Waals surface area contributed by atoms with Gasteiger partial charge in [0.2, 0.25) is 0 Å². The standard InChI is InChI=1S/C12H21NOS/c1-6-10-7-8-11(15-10)9(2)13-14-12(3,4)5/h7-9,13H,6H2,1-5H3. The molecule has 1 N–H and O–H groups in total. The minimum absolute atomic E-state index is 0.140. The van der Waals surface area contributed by atoms with E-state index >= 15 is 0 Å². The first kappa shape index (κ1) is 12.7. The van der Waals surface area contributed by atoms with Gasteiger partial charge in [-0.3, -0.25) is 4.84 Å². The predicted molar refractivity (Wildman–Crippen MR) is 66.1 cm³/mol. The Balaban J connectivity index is 2.50. The van der Waals surface area contributed by atoms with Crippen molar-refractivity contribution in [3.8, 4) is 0 Å². The van der Waals surface area contributed by atoms with Crippen LogP contribution in [0.4, 0.5) is 0 Å². The van der Waals surface area contributed by atoms with Crippen molar-refractivity contribution in [2.45, 2.75) is 52.7 Å². The maximum Gasteiger partial charge on any atom is 0.0813 e. The molecule has 0 saturated carbocycles. The molecule has 1 unspecified atom stereocenters. The molecule has 1 heterocycles. The first-order valence-electron chi connectivity index (χ1n) is 5.44. The van der Waals surface area contributed by atoms with Gasteiger partial charge in [-0.15, -0.1) is 11.3 Å². The van der Waals surface area contributed by atoms with Gasteiger partial charge in [-0.1, -0.05) is 6.92 Å². The molecule has 1 aromatic rings. The Kier molecular flexibility index (Phi) is 4.32. The Hall–Kier alpha value is -0.380. The van der Waals surface area contributed by atoms with E-state index in [0.29, 0.717) is 0 Å². The zero-order valence-corrected chi connectivity index (χ0v) is 11.1. The van der Waals surface area contributed by atoms with E-state index in [9.17, 15) is 0 Å². The van der Waals surface area contributed by atoms with Crippen molar-refractivity contribution in [3.05, 3.63) is 21.9 Å². The van der Waals surface area contributed by atoms with Crippen LogP contribution in [0.25, 0.3) is 0 Å². The third kappa shape index (κ3) is 4.33. The Morgan fingerprint density at radius 1 is 1.40 bits per heavy atom. The second-order valence-corrected chi connectivity index (χ2v) is 5.91. The number of hydrogen-bond acceptors (Lipinski definition) is 3. The van der Waals surface area contributed by atoms with Crippen molar-refractivity contribution in [3.63, 3.8) is 0 Å². The summed E-state index contributed by atoms with van der Waals surface area (Å²) in [5.41, 5.74) is 2.95. The quantitative estimate of drug-likeness (QED) is 0.792. The molecule has 0 saturated heterocycles. The zero-order valence-electron chi connectivity index (χ0n) is 10.3. The molecule has 1 rings (SSSR count). The topological polar surface area (TPSA) is 21.3 Å². The van der Waals surface area contributed by atoms with Crippen molar-refractivity contribution in [2.24, 2.45) is 0 Å². The lowest BCUT2D eigenvalue weighted by atomic mass is 10.2. The van der Waals surface area contributed by atoms with Crippen LogP contribution in [0, 0.1) is 0 Å². The van der Waals surface area contributed by atoms with E-state index in [1.165, 1.54) is 9.75 Å². The summed E-state index contributed by atoms with van der Waals surface area (Å²) in [5, 5.41) is 0. The number of hydrogen-bond donors (Lipinski definition) is 1. The highest BCUT2D eigenvalue weighted by molar-refractivity contribution is 7.12. The molecular formula is C12H21NOS. The Labute approximate surface area is 96.6 Å². The van der Waals surface area contributed by atoms with Gasteiger partial charge in [0.05, 0.1) is 11.6 Å². The van der Waals surface area contributed by atoms with Crippen molar-refractivity contribution < 1.29 is 4.84 Å². The average Bonchev–Trinajstić information content (AvgIpc) is 2.61. The molecule has 0 amide bonds. The minimum Gasteiger partial charge on any atom is -0.295 e. The van der Waals surface area contributed by atoms with Gasteiger partial charge in [0.25, 0.3) is 0 Å². The third-order valence-corrected chi connectivity index (χ3v) is 3.41. The van der Waals surface area contributed by atoms with Crippen molar-refractivity contribution in [2.75, 3.05) is 0 Å². The van der Waals surface area contributed by atoms with Crippen molar-refractivity contribution in [1.82, 2.24) is 5.48 Å². The number of thiophene rings is 1. The number of hydroxylamine groups is 1. The van der Waals surface area contributed by atoms with Gasteiger partial charge in [-0.2, -0.15) is 5.48 Å². The maximum atomic E-state index is 5.55. The van der Waals surface area contributed by atoms with Gasteiger partial charge in [0.1, 0.15) is 0 Å². The molecule has 1 aromatic heterocycles. The van der Waals surface area contributed by atoms with Crippen LogP contribution in [0.15, 0.2) is 12.1 Å². The van der Waals surface area contributed by atoms with E-state index in [4.69, 9.17) is 4.84 Å². The smallest absolute Gasteiger partial charge is 0.0813 e. The molecule has 0 spiro atoms. The fourth-order valence-electron chi connectivity index (χ4n) is 1.14. The van der Waals surface area contributed by atoms with Crippen LogP contribution in [-0.2, 0) is 11.3 Å². The molecule has 2 nitrogen and oxygen atoms in total. The Morgan fingerprint density at radius 2 is 2.07 bits per heavy atom. The van der Waals surface area contributed by atoms with Crippen LogP contribution < -0.4 is 5.48 Å². The summed E-state index contributed by atoms with van der Waals surface area (Å²) in [6, 6.07) is 4.62. The normalized spacial score (nSPS) is 14.2. The molecular weight excluding hydrogens is 206 g/mol. The van der Waals surface area contributed by atoms with Gasteiger partial charge >= 0.3 is 0 Å². The highest BCUT2D eigenvalue weighted by Crippen LogP contribution is 2.24. The van der Waals surface area contributed by atoms with E-state index in [2.05, 4.69) is 31.5 Å². The number of aryl methyl sites for hydroxylation is 1. The van der Waals surface area contributed by atoms with Crippen LogP contribution in [0.2, 0.25) is 0 Å². The summed E-state index contributed by atoms with van der Waals surface area (Å²) < 4.78 is 0. The summed E-state index contributed by atoms with van der Waals surface area (Å²) >= 11 is 1.85.